The van der Waals surface area contributed by atoms with Gasteiger partial charge in [0.15, 0.2) is 0 Å². The lowest BCUT2D eigenvalue weighted by Gasteiger charge is -2.03. The first kappa shape index (κ1) is 10.9. The van der Waals surface area contributed by atoms with E-state index in [1.807, 2.05) is 31.2 Å². The average Bonchev–Trinajstić information content (AvgIpc) is 2.31. The molecule has 1 aromatic heterocycles. The normalized spacial score (nSPS) is 10.1. The number of aromatic nitrogens is 2. The molecule has 0 aliphatic carbocycles. The third-order valence-corrected chi connectivity index (χ3v) is 2.28. The van der Waals surface area contributed by atoms with Crippen molar-refractivity contribution in [3.8, 4) is 17.1 Å². The number of rotatable bonds is 3. The third kappa shape index (κ3) is 2.49. The van der Waals surface area contributed by atoms with Crippen LogP contribution in [0.15, 0.2) is 30.3 Å². The second-order valence-electron chi connectivity index (χ2n) is 3.13. The van der Waals surface area contributed by atoms with Crippen molar-refractivity contribution in [2.75, 3.05) is 6.61 Å². The highest BCUT2D eigenvalue weighted by Gasteiger charge is 2.02. The van der Waals surface area contributed by atoms with Gasteiger partial charge in [0.2, 0.25) is 12.2 Å². The third-order valence-electron chi connectivity index (χ3n) is 2.02. The van der Waals surface area contributed by atoms with Gasteiger partial charge in [-0.2, -0.15) is 4.98 Å². The Bertz CT molecular complexity index is 471. The molecule has 4 heteroatoms. The number of nitrogens with zero attached hydrogens (tertiary/aromatic N) is 2. The van der Waals surface area contributed by atoms with Crippen LogP contribution in [-0.2, 0) is 0 Å². The van der Waals surface area contributed by atoms with Gasteiger partial charge >= 0.3 is 0 Å². The lowest BCUT2D eigenvalue weighted by atomic mass is 10.1. The largest absolute Gasteiger partial charge is 0.478 e. The molecule has 1 heterocycles. The summed E-state index contributed by atoms with van der Waals surface area (Å²) < 4.78 is 5.28. The molecule has 0 N–H and O–H groups in total. The van der Waals surface area contributed by atoms with Gasteiger partial charge in [0.1, 0.15) is 0 Å². The maximum absolute atomic E-state index is 5.81. The minimum absolute atomic E-state index is 0.530. The van der Waals surface area contributed by atoms with Gasteiger partial charge in [-0.1, -0.05) is 23.7 Å². The predicted molar refractivity (Wildman–Crippen MR) is 62.5 cm³/mol. The highest BCUT2D eigenvalue weighted by molar-refractivity contribution is 6.30. The van der Waals surface area contributed by atoms with Gasteiger partial charge in [-0.15, -0.1) is 0 Å². The molecule has 16 heavy (non-hydrogen) atoms. The molecule has 0 spiro atoms. The monoisotopic (exact) mass is 233 g/mol. The highest BCUT2D eigenvalue weighted by Crippen LogP contribution is 2.21. The average molecular weight is 234 g/mol. The molecule has 0 bridgehead atoms. The summed E-state index contributed by atoms with van der Waals surface area (Å²) in [7, 11) is 0. The van der Waals surface area contributed by atoms with Gasteiger partial charge in [0, 0.05) is 16.7 Å². The Morgan fingerprint density at radius 3 is 2.69 bits per heavy atom. The molecule has 0 amide bonds. The molecule has 0 saturated carbocycles. The van der Waals surface area contributed by atoms with E-state index in [2.05, 4.69) is 16.3 Å². The second-order valence-corrected chi connectivity index (χ2v) is 3.57. The molecule has 0 unspecified atom stereocenters. The number of hydrogen-bond donors (Lipinski definition) is 0. The molecule has 0 aliphatic heterocycles. The Morgan fingerprint density at radius 1 is 1.25 bits per heavy atom. The molecule has 3 nitrogen and oxygen atoms in total. The minimum atomic E-state index is 0.530. The summed E-state index contributed by atoms with van der Waals surface area (Å²) in [5, 5.41) is 0.701. The van der Waals surface area contributed by atoms with Gasteiger partial charge in [-0.25, -0.2) is 4.98 Å². The molecule has 1 radical (unpaired) electrons. The van der Waals surface area contributed by atoms with Crippen molar-refractivity contribution in [2.24, 2.45) is 0 Å². The molecule has 2 aromatic rings. The van der Waals surface area contributed by atoms with Crippen molar-refractivity contribution < 1.29 is 4.74 Å². The Hall–Kier alpha value is -1.61. The van der Waals surface area contributed by atoms with Crippen molar-refractivity contribution >= 4 is 11.6 Å². The highest BCUT2D eigenvalue weighted by atomic mass is 35.5. The smallest absolute Gasteiger partial charge is 0.217 e. The topological polar surface area (TPSA) is 35.0 Å². The molecule has 0 saturated heterocycles. The van der Waals surface area contributed by atoms with E-state index in [-0.39, 0.29) is 0 Å². The zero-order chi connectivity index (χ0) is 11.4. The quantitative estimate of drug-likeness (QED) is 0.818. The zero-order valence-corrected chi connectivity index (χ0v) is 9.53. The first-order valence-electron chi connectivity index (χ1n) is 4.93. The minimum Gasteiger partial charge on any atom is -0.478 e. The Balaban J connectivity index is 2.32. The number of benzene rings is 1. The van der Waals surface area contributed by atoms with Gasteiger partial charge in [-0.3, -0.25) is 0 Å². The number of halogens is 1. The van der Waals surface area contributed by atoms with Crippen LogP contribution in [-0.4, -0.2) is 16.6 Å². The maximum atomic E-state index is 5.81. The number of ether oxygens (including phenoxy) is 1. The van der Waals surface area contributed by atoms with Crippen molar-refractivity contribution in [1.82, 2.24) is 9.97 Å². The summed E-state index contributed by atoms with van der Waals surface area (Å²) in [6.07, 6.45) is 2.57. The fraction of sp³-hybridized carbons (Fsp3) is 0.167. The van der Waals surface area contributed by atoms with Crippen molar-refractivity contribution in [2.45, 2.75) is 6.92 Å². The maximum Gasteiger partial charge on any atom is 0.217 e. The van der Waals surface area contributed by atoms with Crippen molar-refractivity contribution in [1.29, 1.82) is 0 Å². The van der Waals surface area contributed by atoms with Crippen molar-refractivity contribution in [3.05, 3.63) is 41.7 Å². The van der Waals surface area contributed by atoms with Gasteiger partial charge in [0.05, 0.1) is 12.3 Å². The standard InChI is InChI=1S/C12H10ClN2O/c1-2-16-12-7-11(14-8-15-12)9-3-5-10(13)6-4-9/h3-7H,2H2,1H3. The van der Waals surface area contributed by atoms with Gasteiger partial charge in [0.25, 0.3) is 0 Å². The van der Waals surface area contributed by atoms with E-state index < -0.39 is 0 Å². The van der Waals surface area contributed by atoms with Crippen LogP contribution < -0.4 is 4.74 Å². The predicted octanol–water partition coefficient (Wildman–Crippen LogP) is 3.00. The summed E-state index contributed by atoms with van der Waals surface area (Å²) in [5.74, 6) is 0.530. The van der Waals surface area contributed by atoms with E-state index in [1.165, 1.54) is 0 Å². The SMILES string of the molecule is CCOc1cc(-c2ccc(Cl)cc2)n[c]n1. The fourth-order valence-electron chi connectivity index (χ4n) is 1.30. The Kier molecular flexibility index (Phi) is 3.37. The first-order valence-corrected chi connectivity index (χ1v) is 5.31. The molecular formula is C12H10ClN2O. The summed E-state index contributed by atoms with van der Waals surface area (Å²) in [6, 6.07) is 9.21. The Morgan fingerprint density at radius 2 is 2.00 bits per heavy atom. The van der Waals surface area contributed by atoms with E-state index in [4.69, 9.17) is 16.3 Å². The fourth-order valence-corrected chi connectivity index (χ4v) is 1.43. The second kappa shape index (κ2) is 4.94. The first-order chi connectivity index (χ1) is 7.79. The molecule has 1 aromatic carbocycles. The van der Waals surface area contributed by atoms with Crippen LogP contribution in [0.1, 0.15) is 6.92 Å². The molecule has 0 atom stereocenters. The molecule has 0 aliphatic rings. The van der Waals surface area contributed by atoms with Crippen LogP contribution >= 0.6 is 11.6 Å². The van der Waals surface area contributed by atoms with Crippen LogP contribution in [0.2, 0.25) is 5.02 Å². The Labute approximate surface area is 99.1 Å². The lowest BCUT2D eigenvalue weighted by molar-refractivity contribution is 0.326. The molecule has 2 rings (SSSR count). The van der Waals surface area contributed by atoms with Crippen LogP contribution in [0, 0.1) is 6.33 Å². The number of hydrogen-bond acceptors (Lipinski definition) is 3. The summed E-state index contributed by atoms with van der Waals surface area (Å²) in [4.78, 5) is 7.95. The van der Waals surface area contributed by atoms with E-state index in [0.717, 1.165) is 11.3 Å². The van der Waals surface area contributed by atoms with Crippen LogP contribution in [0.3, 0.4) is 0 Å². The summed E-state index contributed by atoms with van der Waals surface area (Å²) in [5.41, 5.74) is 1.74. The molecular weight excluding hydrogens is 224 g/mol. The molecule has 0 fully saturated rings. The van der Waals surface area contributed by atoms with E-state index in [1.54, 1.807) is 6.07 Å². The molecule has 81 valence electrons. The van der Waals surface area contributed by atoms with Gasteiger partial charge < -0.3 is 4.74 Å². The zero-order valence-electron chi connectivity index (χ0n) is 8.77. The summed E-state index contributed by atoms with van der Waals surface area (Å²) in [6.45, 7) is 2.48. The van der Waals surface area contributed by atoms with E-state index in [9.17, 15) is 0 Å². The van der Waals surface area contributed by atoms with Gasteiger partial charge in [-0.05, 0) is 19.1 Å². The van der Waals surface area contributed by atoms with Crippen LogP contribution in [0.5, 0.6) is 5.88 Å². The van der Waals surface area contributed by atoms with Crippen LogP contribution in [0.25, 0.3) is 11.3 Å². The van der Waals surface area contributed by atoms with Crippen LogP contribution in [0.4, 0.5) is 0 Å². The lowest BCUT2D eigenvalue weighted by Crippen LogP contribution is -1.95. The van der Waals surface area contributed by atoms with E-state index in [0.29, 0.717) is 17.5 Å². The summed E-state index contributed by atoms with van der Waals surface area (Å²) >= 11 is 5.81. The van der Waals surface area contributed by atoms with E-state index >= 15 is 0 Å². The van der Waals surface area contributed by atoms with Crippen molar-refractivity contribution in [3.63, 3.8) is 0 Å².